The average molecular weight is 225 g/mol. The molecule has 1 aliphatic carbocycles. The van der Waals surface area contributed by atoms with E-state index < -0.39 is 0 Å². The molecule has 16 heavy (non-hydrogen) atoms. The summed E-state index contributed by atoms with van der Waals surface area (Å²) in [7, 11) is 4.24. The summed E-state index contributed by atoms with van der Waals surface area (Å²) in [6, 6.07) is 1.10. The van der Waals surface area contributed by atoms with Gasteiger partial charge in [-0.15, -0.1) is 0 Å². The van der Waals surface area contributed by atoms with Gasteiger partial charge in [0.2, 0.25) is 5.91 Å². The normalized spacial score (nSPS) is 34.6. The molecule has 1 heterocycles. The Morgan fingerprint density at radius 1 is 1.31 bits per heavy atom. The molecule has 0 spiro atoms. The van der Waals surface area contributed by atoms with Crippen LogP contribution in [0.1, 0.15) is 32.1 Å². The van der Waals surface area contributed by atoms with E-state index in [-0.39, 0.29) is 11.9 Å². The molecular formula is C12H23N3O. The number of rotatable bonds is 3. The first-order valence-corrected chi connectivity index (χ1v) is 6.37. The van der Waals surface area contributed by atoms with Crippen molar-refractivity contribution in [2.24, 2.45) is 0 Å². The number of hydrogen-bond acceptors (Lipinski definition) is 3. The predicted molar refractivity (Wildman–Crippen MR) is 64.3 cm³/mol. The molecule has 0 aromatic heterocycles. The smallest absolute Gasteiger partial charge is 0.237 e. The van der Waals surface area contributed by atoms with Gasteiger partial charge in [0, 0.05) is 12.1 Å². The van der Waals surface area contributed by atoms with E-state index in [1.54, 1.807) is 0 Å². The number of hydrogen-bond donors (Lipinski definition) is 2. The van der Waals surface area contributed by atoms with E-state index in [0.29, 0.717) is 12.1 Å². The Kier molecular flexibility index (Phi) is 3.82. The Bertz CT molecular complexity index is 249. The predicted octanol–water partition coefficient (Wildman–Crippen LogP) is 0.337. The van der Waals surface area contributed by atoms with Crippen molar-refractivity contribution in [2.75, 3.05) is 20.6 Å². The summed E-state index contributed by atoms with van der Waals surface area (Å²) in [5.41, 5.74) is 0. The fourth-order valence-electron chi connectivity index (χ4n) is 2.77. The molecule has 4 nitrogen and oxygen atoms in total. The zero-order valence-corrected chi connectivity index (χ0v) is 10.3. The third kappa shape index (κ3) is 2.74. The highest BCUT2D eigenvalue weighted by Crippen LogP contribution is 2.22. The minimum absolute atomic E-state index is 0.0680. The Balaban J connectivity index is 1.76. The minimum Gasteiger partial charge on any atom is -0.352 e. The van der Waals surface area contributed by atoms with Crippen LogP contribution in [0.25, 0.3) is 0 Å². The van der Waals surface area contributed by atoms with Gasteiger partial charge in [0.25, 0.3) is 0 Å². The second kappa shape index (κ2) is 5.15. The molecule has 3 atom stereocenters. The third-order valence-electron chi connectivity index (χ3n) is 3.86. The van der Waals surface area contributed by atoms with Crippen molar-refractivity contribution in [1.82, 2.24) is 15.5 Å². The molecule has 0 aromatic carbocycles. The first kappa shape index (κ1) is 11.9. The van der Waals surface area contributed by atoms with Gasteiger partial charge in [-0.25, -0.2) is 0 Å². The third-order valence-corrected chi connectivity index (χ3v) is 3.86. The van der Waals surface area contributed by atoms with Crippen molar-refractivity contribution in [2.45, 2.75) is 50.2 Å². The molecule has 2 fully saturated rings. The lowest BCUT2D eigenvalue weighted by Gasteiger charge is -2.20. The summed E-state index contributed by atoms with van der Waals surface area (Å²) in [6.07, 6.45) is 5.56. The number of nitrogens with one attached hydrogen (secondary N) is 2. The topological polar surface area (TPSA) is 44.4 Å². The van der Waals surface area contributed by atoms with Gasteiger partial charge in [-0.05, 0) is 52.7 Å². The maximum atomic E-state index is 11.9. The Hall–Kier alpha value is -0.610. The van der Waals surface area contributed by atoms with E-state index in [2.05, 4.69) is 29.6 Å². The minimum atomic E-state index is 0.0680. The molecule has 1 amide bonds. The van der Waals surface area contributed by atoms with Crippen molar-refractivity contribution >= 4 is 5.91 Å². The molecule has 0 radical (unpaired) electrons. The van der Waals surface area contributed by atoms with Crippen molar-refractivity contribution < 1.29 is 4.79 Å². The Morgan fingerprint density at radius 2 is 2.12 bits per heavy atom. The van der Waals surface area contributed by atoms with E-state index in [0.717, 1.165) is 32.2 Å². The zero-order chi connectivity index (χ0) is 11.5. The van der Waals surface area contributed by atoms with E-state index in [9.17, 15) is 4.79 Å². The van der Waals surface area contributed by atoms with Gasteiger partial charge in [-0.2, -0.15) is 0 Å². The molecule has 1 saturated carbocycles. The maximum absolute atomic E-state index is 11.9. The summed E-state index contributed by atoms with van der Waals surface area (Å²) in [5, 5.41) is 6.42. The first-order chi connectivity index (χ1) is 7.66. The van der Waals surface area contributed by atoms with Gasteiger partial charge in [-0.1, -0.05) is 0 Å². The van der Waals surface area contributed by atoms with Crippen LogP contribution in [0.4, 0.5) is 0 Å². The van der Waals surface area contributed by atoms with Crippen LogP contribution < -0.4 is 10.6 Å². The summed E-state index contributed by atoms with van der Waals surface area (Å²) in [4.78, 5) is 14.2. The number of amides is 1. The average Bonchev–Trinajstić information content (AvgIpc) is 2.87. The lowest BCUT2D eigenvalue weighted by molar-refractivity contribution is -0.123. The van der Waals surface area contributed by atoms with Crippen LogP contribution >= 0.6 is 0 Å². The van der Waals surface area contributed by atoms with Crippen LogP contribution in [0.15, 0.2) is 0 Å². The SMILES string of the molecule is CN(C)C1CCC(NC(=O)C2CCCN2)C1. The van der Waals surface area contributed by atoms with Crippen molar-refractivity contribution in [3.63, 3.8) is 0 Å². The maximum Gasteiger partial charge on any atom is 0.237 e. The standard InChI is InChI=1S/C12H23N3O/c1-15(2)10-6-5-9(8-10)14-12(16)11-4-3-7-13-11/h9-11,13H,3-8H2,1-2H3,(H,14,16). The van der Waals surface area contributed by atoms with E-state index in [1.165, 1.54) is 6.42 Å². The molecule has 1 aliphatic heterocycles. The van der Waals surface area contributed by atoms with Crippen molar-refractivity contribution in [1.29, 1.82) is 0 Å². The summed E-state index contributed by atoms with van der Waals surface area (Å²) >= 11 is 0. The lowest BCUT2D eigenvalue weighted by atomic mass is 10.2. The van der Waals surface area contributed by atoms with Gasteiger partial charge < -0.3 is 15.5 Å². The lowest BCUT2D eigenvalue weighted by Crippen LogP contribution is -2.44. The van der Waals surface area contributed by atoms with Gasteiger partial charge in [-0.3, -0.25) is 4.79 Å². The van der Waals surface area contributed by atoms with E-state index in [1.807, 2.05) is 0 Å². The molecule has 2 N–H and O–H groups in total. The van der Waals surface area contributed by atoms with E-state index >= 15 is 0 Å². The Morgan fingerprint density at radius 3 is 2.69 bits per heavy atom. The first-order valence-electron chi connectivity index (χ1n) is 6.37. The molecule has 2 rings (SSSR count). The molecule has 1 saturated heterocycles. The van der Waals surface area contributed by atoms with Gasteiger partial charge in [0.1, 0.15) is 0 Å². The molecule has 0 aromatic rings. The van der Waals surface area contributed by atoms with Crippen LogP contribution in [0.3, 0.4) is 0 Å². The highest BCUT2D eigenvalue weighted by molar-refractivity contribution is 5.82. The highest BCUT2D eigenvalue weighted by atomic mass is 16.2. The van der Waals surface area contributed by atoms with Gasteiger partial charge >= 0.3 is 0 Å². The Labute approximate surface area is 97.8 Å². The summed E-state index contributed by atoms with van der Waals surface area (Å²) < 4.78 is 0. The molecule has 4 heteroatoms. The van der Waals surface area contributed by atoms with Crippen LogP contribution in [0.2, 0.25) is 0 Å². The van der Waals surface area contributed by atoms with Gasteiger partial charge in [0.05, 0.1) is 6.04 Å². The molecule has 3 unspecified atom stereocenters. The van der Waals surface area contributed by atoms with Crippen LogP contribution in [-0.4, -0.2) is 49.6 Å². The van der Waals surface area contributed by atoms with Crippen LogP contribution in [0.5, 0.6) is 0 Å². The van der Waals surface area contributed by atoms with Crippen LogP contribution in [0, 0.1) is 0 Å². The molecule has 0 bridgehead atoms. The highest BCUT2D eigenvalue weighted by Gasteiger charge is 2.29. The van der Waals surface area contributed by atoms with Crippen molar-refractivity contribution in [3.8, 4) is 0 Å². The van der Waals surface area contributed by atoms with Gasteiger partial charge in [0.15, 0.2) is 0 Å². The van der Waals surface area contributed by atoms with Crippen LogP contribution in [-0.2, 0) is 4.79 Å². The zero-order valence-electron chi connectivity index (χ0n) is 10.3. The summed E-state index contributed by atoms with van der Waals surface area (Å²) in [6.45, 7) is 0.989. The fraction of sp³-hybridized carbons (Fsp3) is 0.917. The van der Waals surface area contributed by atoms with Crippen molar-refractivity contribution in [3.05, 3.63) is 0 Å². The number of carbonyl (C=O) groups excluding carboxylic acids is 1. The number of carbonyl (C=O) groups is 1. The fourth-order valence-corrected chi connectivity index (χ4v) is 2.77. The number of nitrogens with zero attached hydrogens (tertiary/aromatic N) is 1. The molecule has 92 valence electrons. The quantitative estimate of drug-likeness (QED) is 0.728. The monoisotopic (exact) mass is 225 g/mol. The van der Waals surface area contributed by atoms with E-state index in [4.69, 9.17) is 0 Å². The second-order valence-corrected chi connectivity index (χ2v) is 5.28. The molecule has 2 aliphatic rings. The summed E-state index contributed by atoms with van der Waals surface area (Å²) in [5.74, 6) is 0.210. The second-order valence-electron chi connectivity index (χ2n) is 5.28. The molecular weight excluding hydrogens is 202 g/mol. The largest absolute Gasteiger partial charge is 0.352 e.